The van der Waals surface area contributed by atoms with E-state index in [2.05, 4.69) is 4.90 Å². The number of benzene rings is 1. The predicted octanol–water partition coefficient (Wildman–Crippen LogP) is 1.83. The van der Waals surface area contributed by atoms with Gasteiger partial charge in [-0.05, 0) is 25.0 Å². The van der Waals surface area contributed by atoms with Crippen molar-refractivity contribution in [2.45, 2.75) is 36.6 Å². The Hall–Kier alpha value is -1.07. The Morgan fingerprint density at radius 1 is 1.26 bits per heavy atom. The molecule has 1 aliphatic heterocycles. The third kappa shape index (κ3) is 3.28. The topological polar surface area (TPSA) is 57.6 Å². The average Bonchev–Trinajstić information content (AvgIpc) is 2.62. The summed E-state index contributed by atoms with van der Waals surface area (Å²) in [5.41, 5.74) is 0.728. The van der Waals surface area contributed by atoms with Crippen LogP contribution >= 0.6 is 0 Å². The van der Waals surface area contributed by atoms with Gasteiger partial charge >= 0.3 is 0 Å². The van der Waals surface area contributed by atoms with Crippen molar-refractivity contribution in [1.82, 2.24) is 0 Å². The van der Waals surface area contributed by atoms with Crippen LogP contribution < -0.4 is 4.90 Å². The maximum absolute atomic E-state index is 11.9. The second-order valence-corrected chi connectivity index (χ2v) is 7.10. The summed E-state index contributed by atoms with van der Waals surface area (Å²) in [4.78, 5) is 2.42. The highest BCUT2D eigenvalue weighted by atomic mass is 32.2. The lowest BCUT2D eigenvalue weighted by Gasteiger charge is -2.32. The van der Waals surface area contributed by atoms with Gasteiger partial charge in [-0.25, -0.2) is 8.42 Å². The Morgan fingerprint density at radius 3 is 2.68 bits per heavy atom. The van der Waals surface area contributed by atoms with Crippen molar-refractivity contribution in [3.63, 3.8) is 0 Å². The lowest BCUT2D eigenvalue weighted by Crippen LogP contribution is -2.38. The summed E-state index contributed by atoms with van der Waals surface area (Å²) >= 11 is 0. The highest BCUT2D eigenvalue weighted by Crippen LogP contribution is 2.30. The van der Waals surface area contributed by atoms with Crippen molar-refractivity contribution in [3.8, 4) is 0 Å². The molecule has 106 valence electrons. The van der Waals surface area contributed by atoms with Crippen LogP contribution in [0.15, 0.2) is 29.2 Å². The first-order valence-corrected chi connectivity index (χ1v) is 8.60. The van der Waals surface area contributed by atoms with Crippen molar-refractivity contribution < 1.29 is 13.5 Å². The molecule has 1 aromatic rings. The van der Waals surface area contributed by atoms with Gasteiger partial charge in [-0.2, -0.15) is 0 Å². The number of anilines is 1. The van der Waals surface area contributed by atoms with Gasteiger partial charge in [0.15, 0.2) is 9.84 Å². The fourth-order valence-electron chi connectivity index (χ4n) is 2.69. The third-order valence-corrected chi connectivity index (χ3v) is 4.81. The molecule has 0 radical (unpaired) electrons. The minimum absolute atomic E-state index is 0.0189. The first kappa shape index (κ1) is 14.3. The molecule has 1 atom stereocenters. The van der Waals surface area contributed by atoms with Crippen LogP contribution in [0.5, 0.6) is 0 Å². The van der Waals surface area contributed by atoms with Crippen molar-refractivity contribution in [2.24, 2.45) is 0 Å². The summed E-state index contributed by atoms with van der Waals surface area (Å²) in [6, 6.07) is 7.09. The number of hydrogen-bond acceptors (Lipinski definition) is 4. The summed E-state index contributed by atoms with van der Waals surface area (Å²) in [5.74, 6) is 0. The van der Waals surface area contributed by atoms with Crippen molar-refractivity contribution in [3.05, 3.63) is 24.3 Å². The van der Waals surface area contributed by atoms with Crippen LogP contribution in [0.2, 0.25) is 0 Å². The molecular weight excluding hydrogens is 262 g/mol. The van der Waals surface area contributed by atoms with Crippen LogP contribution in [0.25, 0.3) is 0 Å². The molecule has 1 fully saturated rings. The molecule has 5 heteroatoms. The van der Waals surface area contributed by atoms with Gasteiger partial charge in [0.1, 0.15) is 0 Å². The fourth-order valence-corrected chi connectivity index (χ4v) is 3.58. The van der Waals surface area contributed by atoms with Gasteiger partial charge in [0.25, 0.3) is 0 Å². The number of para-hydroxylation sites is 1. The molecule has 0 spiro atoms. The summed E-state index contributed by atoms with van der Waals surface area (Å²) in [6.45, 7) is 0.871. The second-order valence-electron chi connectivity index (χ2n) is 5.12. The zero-order chi connectivity index (χ0) is 13.9. The van der Waals surface area contributed by atoms with Gasteiger partial charge < -0.3 is 10.0 Å². The predicted molar refractivity (Wildman–Crippen MR) is 76.2 cm³/mol. The first-order valence-electron chi connectivity index (χ1n) is 6.70. The lowest BCUT2D eigenvalue weighted by molar-refractivity contribution is 0.255. The van der Waals surface area contributed by atoms with E-state index in [-0.39, 0.29) is 12.6 Å². The third-order valence-electron chi connectivity index (χ3n) is 3.66. The molecule has 1 aromatic carbocycles. The Kier molecular flexibility index (Phi) is 4.47. The number of nitrogens with zero attached hydrogens (tertiary/aromatic N) is 1. The van der Waals surface area contributed by atoms with Crippen molar-refractivity contribution in [2.75, 3.05) is 24.3 Å². The molecule has 1 aliphatic rings. The van der Waals surface area contributed by atoms with E-state index in [1.54, 1.807) is 12.1 Å². The number of aliphatic hydroxyl groups is 1. The van der Waals surface area contributed by atoms with E-state index in [4.69, 9.17) is 0 Å². The van der Waals surface area contributed by atoms with Gasteiger partial charge in [0.2, 0.25) is 0 Å². The average molecular weight is 283 g/mol. The second kappa shape index (κ2) is 5.92. The molecule has 0 saturated carbocycles. The molecule has 1 heterocycles. The van der Waals surface area contributed by atoms with Crippen LogP contribution in [0.4, 0.5) is 5.69 Å². The van der Waals surface area contributed by atoms with E-state index in [0.29, 0.717) is 4.90 Å². The SMILES string of the molecule is CS(=O)(=O)c1ccccc1N1CCCCCC1CO. The Balaban J connectivity index is 2.44. The largest absolute Gasteiger partial charge is 0.394 e. The minimum Gasteiger partial charge on any atom is -0.394 e. The summed E-state index contributed by atoms with van der Waals surface area (Å²) < 4.78 is 23.8. The Labute approximate surface area is 115 Å². The molecule has 0 amide bonds. The quantitative estimate of drug-likeness (QED) is 0.919. The van der Waals surface area contributed by atoms with Crippen LogP contribution in [-0.2, 0) is 9.84 Å². The lowest BCUT2D eigenvalue weighted by atomic mass is 10.1. The highest BCUT2D eigenvalue weighted by molar-refractivity contribution is 7.90. The van der Waals surface area contributed by atoms with Crippen molar-refractivity contribution >= 4 is 15.5 Å². The number of rotatable bonds is 3. The number of hydrogen-bond donors (Lipinski definition) is 1. The molecule has 1 unspecified atom stereocenters. The van der Waals surface area contributed by atoms with E-state index >= 15 is 0 Å². The van der Waals surface area contributed by atoms with Crippen LogP contribution in [0.3, 0.4) is 0 Å². The summed E-state index contributed by atoms with van der Waals surface area (Å²) in [5, 5.41) is 9.55. The van der Waals surface area contributed by atoms with Gasteiger partial charge in [-0.15, -0.1) is 0 Å². The monoisotopic (exact) mass is 283 g/mol. The normalized spacial score (nSPS) is 21.2. The first-order chi connectivity index (χ1) is 9.04. The Morgan fingerprint density at radius 2 is 2.00 bits per heavy atom. The molecule has 0 aliphatic carbocycles. The molecule has 2 rings (SSSR count). The zero-order valence-electron chi connectivity index (χ0n) is 11.2. The highest BCUT2D eigenvalue weighted by Gasteiger charge is 2.24. The van der Waals surface area contributed by atoms with E-state index in [1.807, 2.05) is 12.1 Å². The summed E-state index contributed by atoms with van der Waals surface area (Å²) in [6.07, 6.45) is 5.40. The van der Waals surface area contributed by atoms with Crippen LogP contribution in [-0.4, -0.2) is 39.0 Å². The van der Waals surface area contributed by atoms with Gasteiger partial charge in [0, 0.05) is 12.8 Å². The standard InChI is InChI=1S/C14H21NO3S/c1-19(17,18)14-9-5-4-8-13(14)15-10-6-2-3-7-12(15)11-16/h4-5,8-9,12,16H,2-3,6-7,10-11H2,1H3. The minimum atomic E-state index is -3.25. The molecule has 4 nitrogen and oxygen atoms in total. The van der Waals surface area contributed by atoms with E-state index in [1.165, 1.54) is 6.26 Å². The van der Waals surface area contributed by atoms with Crippen LogP contribution in [0, 0.1) is 0 Å². The molecule has 1 N–H and O–H groups in total. The molecule has 1 saturated heterocycles. The molecule has 0 bridgehead atoms. The maximum atomic E-state index is 11.9. The van der Waals surface area contributed by atoms with E-state index in [9.17, 15) is 13.5 Å². The maximum Gasteiger partial charge on any atom is 0.177 e. The smallest absolute Gasteiger partial charge is 0.177 e. The van der Waals surface area contributed by atoms with Gasteiger partial charge in [0.05, 0.1) is 23.2 Å². The van der Waals surface area contributed by atoms with E-state index in [0.717, 1.165) is 37.9 Å². The molecule has 19 heavy (non-hydrogen) atoms. The molecular formula is C14H21NO3S. The molecule has 0 aromatic heterocycles. The van der Waals surface area contributed by atoms with Gasteiger partial charge in [-0.3, -0.25) is 0 Å². The van der Waals surface area contributed by atoms with E-state index < -0.39 is 9.84 Å². The van der Waals surface area contributed by atoms with Crippen LogP contribution in [0.1, 0.15) is 25.7 Å². The number of sulfone groups is 1. The fraction of sp³-hybridized carbons (Fsp3) is 0.571. The summed E-state index contributed by atoms with van der Waals surface area (Å²) in [7, 11) is -3.25. The van der Waals surface area contributed by atoms with Crippen molar-refractivity contribution in [1.29, 1.82) is 0 Å². The zero-order valence-corrected chi connectivity index (χ0v) is 12.1. The van der Waals surface area contributed by atoms with Gasteiger partial charge in [-0.1, -0.05) is 25.0 Å². The Bertz CT molecular complexity index is 527. The number of aliphatic hydroxyl groups excluding tert-OH is 1.